The number of aromatic nitrogens is 4. The van der Waals surface area contributed by atoms with Crippen LogP contribution in [0.25, 0.3) is 33.3 Å². The summed E-state index contributed by atoms with van der Waals surface area (Å²) in [5.41, 5.74) is 7.59. The van der Waals surface area contributed by atoms with Crippen LogP contribution in [0.15, 0.2) is 101 Å². The highest BCUT2D eigenvalue weighted by Crippen LogP contribution is 2.43. The van der Waals surface area contributed by atoms with Crippen molar-refractivity contribution in [2.45, 2.75) is 69.7 Å². The number of hydrogen-bond donors (Lipinski definition) is 2. The number of carbonyl (C=O) groups is 1. The van der Waals surface area contributed by atoms with Gasteiger partial charge in [-0.05, 0) is 146 Å². The average Bonchev–Trinajstić information content (AvgIpc) is 4.00. The van der Waals surface area contributed by atoms with Gasteiger partial charge < -0.3 is 19.3 Å². The number of benzene rings is 3. The van der Waals surface area contributed by atoms with Gasteiger partial charge in [-0.1, -0.05) is 43.2 Å². The summed E-state index contributed by atoms with van der Waals surface area (Å²) in [4.78, 5) is 42.5. The number of likely N-dealkylation sites (tertiary alicyclic amines) is 1. The van der Waals surface area contributed by atoms with E-state index < -0.39 is 15.9 Å². The van der Waals surface area contributed by atoms with Crippen molar-refractivity contribution in [3.63, 3.8) is 0 Å². The Morgan fingerprint density at radius 2 is 1.74 bits per heavy atom. The van der Waals surface area contributed by atoms with E-state index >= 15 is 0 Å². The number of anilines is 1. The number of sulfonamides is 1. The Bertz CT molecular complexity index is 2970. The van der Waals surface area contributed by atoms with E-state index in [4.69, 9.17) is 26.1 Å². The van der Waals surface area contributed by atoms with Gasteiger partial charge >= 0.3 is 0 Å². The van der Waals surface area contributed by atoms with Crippen LogP contribution in [0, 0.1) is 16.2 Å². The number of allylic oxidation sites excluding steroid dienone is 1. The molecule has 3 aromatic carbocycles. The normalized spacial score (nSPS) is 19.2. The molecule has 0 radical (unpaired) electrons. The fraction of sp³-hybridized carbons (Fsp3) is 0.431. The lowest BCUT2D eigenvalue weighted by molar-refractivity contribution is 0.0175. The highest BCUT2D eigenvalue weighted by Gasteiger charge is 2.31. The highest BCUT2D eigenvalue weighted by atomic mass is 35.5. The van der Waals surface area contributed by atoms with Gasteiger partial charge in [-0.3, -0.25) is 19.5 Å². The van der Waals surface area contributed by atoms with E-state index in [1.165, 1.54) is 28.8 Å². The number of rotatable bonds is 13. The van der Waals surface area contributed by atoms with E-state index in [9.17, 15) is 18.1 Å². The molecule has 10 rings (SSSR count). The van der Waals surface area contributed by atoms with E-state index in [2.05, 4.69) is 60.7 Å². The van der Waals surface area contributed by atoms with Gasteiger partial charge in [0.15, 0.2) is 11.3 Å². The number of nitroso groups, excluding NO2 is 1. The topological polar surface area (TPSA) is 167 Å². The lowest BCUT2D eigenvalue weighted by Crippen LogP contribution is -2.47. The number of H-pyrrole nitrogens is 1. The third-order valence-electron chi connectivity index (χ3n) is 14.5. The Balaban J connectivity index is 0.860. The molecule has 17 heteroatoms. The van der Waals surface area contributed by atoms with Crippen LogP contribution in [-0.2, 0) is 14.8 Å². The molecule has 15 nitrogen and oxygen atoms in total. The lowest BCUT2D eigenvalue weighted by Gasteiger charge is -2.39. The summed E-state index contributed by atoms with van der Waals surface area (Å²) in [5.74, 6) is -0.348. The van der Waals surface area contributed by atoms with Crippen LogP contribution in [-0.4, -0.2) is 116 Å². The van der Waals surface area contributed by atoms with Crippen LogP contribution >= 0.6 is 11.6 Å². The van der Waals surface area contributed by atoms with Crippen molar-refractivity contribution in [2.24, 2.45) is 16.5 Å². The zero-order chi connectivity index (χ0) is 47.0. The lowest BCUT2D eigenvalue weighted by atomic mass is 9.72. The quantitative estimate of drug-likeness (QED) is 0.106. The minimum absolute atomic E-state index is 0.115. The number of piperazine rings is 1. The second-order valence-corrected chi connectivity index (χ2v) is 21.7. The second kappa shape index (κ2) is 19.4. The predicted molar refractivity (Wildman–Crippen MR) is 266 cm³/mol. The number of carbonyl (C=O) groups excluding carboxylic acids is 1. The van der Waals surface area contributed by atoms with Crippen molar-refractivity contribution >= 4 is 66.5 Å². The number of fused-ring (bicyclic) bond motifs is 2. The monoisotopic (exact) mass is 959 g/mol. The Kier molecular flexibility index (Phi) is 13.1. The number of hydrogen-bond acceptors (Lipinski definition) is 12. The zero-order valence-electron chi connectivity index (χ0n) is 38.6. The first-order valence-corrected chi connectivity index (χ1v) is 25.7. The molecule has 6 heterocycles. The van der Waals surface area contributed by atoms with Gasteiger partial charge in [0.1, 0.15) is 11.3 Å². The van der Waals surface area contributed by atoms with Crippen molar-refractivity contribution in [3.05, 3.63) is 112 Å². The fourth-order valence-corrected chi connectivity index (χ4v) is 11.6. The number of amides is 1. The summed E-state index contributed by atoms with van der Waals surface area (Å²) in [6, 6.07) is 22.0. The molecule has 0 unspecified atom stereocenters. The number of nitrogens with zero attached hydrogens (tertiary/aromatic N) is 7. The van der Waals surface area contributed by atoms with Crippen molar-refractivity contribution in [1.82, 2.24) is 34.3 Å². The molecule has 3 saturated heterocycles. The third-order valence-corrected chi connectivity index (χ3v) is 16.0. The molecule has 2 N–H and O–H groups in total. The molecule has 3 aromatic heterocycles. The van der Waals surface area contributed by atoms with Gasteiger partial charge in [0.2, 0.25) is 0 Å². The molecule has 1 amide bonds. The molecule has 6 aromatic rings. The van der Waals surface area contributed by atoms with E-state index in [1.54, 1.807) is 23.1 Å². The fourth-order valence-electron chi connectivity index (χ4n) is 10.4. The van der Waals surface area contributed by atoms with Gasteiger partial charge in [-0.25, -0.2) is 23.1 Å². The first-order valence-electron chi connectivity index (χ1n) is 23.8. The number of aromatic amines is 1. The smallest absolute Gasteiger partial charge is 0.267 e. The van der Waals surface area contributed by atoms with Gasteiger partial charge in [-0.2, -0.15) is 0 Å². The van der Waals surface area contributed by atoms with Crippen LogP contribution in [0.4, 0.5) is 11.4 Å². The molecule has 0 spiro atoms. The van der Waals surface area contributed by atoms with Crippen LogP contribution in [0.3, 0.4) is 0 Å². The molecule has 0 bridgehead atoms. The van der Waals surface area contributed by atoms with Crippen molar-refractivity contribution < 1.29 is 22.7 Å². The van der Waals surface area contributed by atoms with Gasteiger partial charge in [-0.15, -0.1) is 4.91 Å². The first-order chi connectivity index (χ1) is 32.9. The first kappa shape index (κ1) is 46.1. The number of nitrogens with one attached hydrogen (secondary N) is 2. The maximum atomic E-state index is 14.3. The summed E-state index contributed by atoms with van der Waals surface area (Å²) < 4.78 is 43.5. The van der Waals surface area contributed by atoms with Gasteiger partial charge in [0.05, 0.1) is 28.3 Å². The van der Waals surface area contributed by atoms with Gasteiger partial charge in [0.25, 0.3) is 15.9 Å². The van der Waals surface area contributed by atoms with Gasteiger partial charge in [0, 0.05) is 80.5 Å². The molecule has 4 aliphatic rings. The molecule has 3 aliphatic heterocycles. The van der Waals surface area contributed by atoms with Crippen molar-refractivity contribution in [2.75, 3.05) is 70.5 Å². The van der Waals surface area contributed by atoms with E-state index in [-0.39, 0.29) is 27.3 Å². The Morgan fingerprint density at radius 1 is 0.956 bits per heavy atom. The number of ether oxygens (including phenoxy) is 2. The standard InChI is InChI=1S/C51H58ClN9O6S/c1-51(2)17-11-37(43(30-51)35-3-5-38(52)6-4-35)32-58-21-23-60(24-22-58)40-7-9-42(46(28-40)61-47-27-36-12-18-53-49(36)55-45(47)31-54-61)50(62)57-68(64,65)41-8-10-48(44(29-41)56-63)67-33-34-13-19-59(20-14-34)39-15-25-66-26-16-39/h3-10,12,18,27-29,31,34,39,54H,11,13-17,19-26,30,32-33H2,1-2H3,(H,57,62). The largest absolute Gasteiger partial charge is 0.491 e. The molecule has 68 heavy (non-hydrogen) atoms. The Labute approximate surface area is 401 Å². The summed E-state index contributed by atoms with van der Waals surface area (Å²) >= 11 is 6.27. The number of piperidine rings is 1. The summed E-state index contributed by atoms with van der Waals surface area (Å²) in [6.45, 7) is 12.8. The van der Waals surface area contributed by atoms with Crippen LogP contribution in [0.5, 0.6) is 5.75 Å². The molecular weight excluding hydrogens is 902 g/mol. The van der Waals surface area contributed by atoms with Crippen molar-refractivity contribution in [1.29, 1.82) is 0 Å². The van der Waals surface area contributed by atoms with E-state index in [0.29, 0.717) is 40.9 Å². The maximum absolute atomic E-state index is 14.3. The summed E-state index contributed by atoms with van der Waals surface area (Å²) in [5, 5.41) is 7.94. The molecular formula is C51H58ClN9O6S. The molecule has 0 saturated carbocycles. The minimum atomic E-state index is -4.47. The molecule has 3 fully saturated rings. The number of halogens is 1. The number of pyridine rings is 1. The zero-order valence-corrected chi connectivity index (χ0v) is 40.2. The van der Waals surface area contributed by atoms with Crippen LogP contribution in [0.2, 0.25) is 5.02 Å². The minimum Gasteiger partial charge on any atom is -0.491 e. The SMILES string of the molecule is CC1(C)CCC(CN2CCN(c3ccc(C(=O)NS(=O)(=O)c4ccc(OCC5CCN(C6CCOCC6)CC5)c(N=O)c4)c(-n4[nH]cc5nc6nccc6cc54)c3)CC2)=C(c2ccc(Cl)cc2)C1. The Hall–Kier alpha value is -5.65. The third kappa shape index (κ3) is 9.93. The molecule has 356 valence electrons. The van der Waals surface area contributed by atoms with E-state index in [1.807, 2.05) is 36.4 Å². The van der Waals surface area contributed by atoms with Crippen LogP contribution in [0.1, 0.15) is 74.7 Å². The average molecular weight is 961 g/mol. The van der Waals surface area contributed by atoms with Crippen LogP contribution < -0.4 is 14.4 Å². The predicted octanol–water partition coefficient (Wildman–Crippen LogP) is 9.13. The summed E-state index contributed by atoms with van der Waals surface area (Å²) in [6.07, 6.45) is 10.7. The second-order valence-electron chi connectivity index (χ2n) is 19.5. The maximum Gasteiger partial charge on any atom is 0.267 e. The summed E-state index contributed by atoms with van der Waals surface area (Å²) in [7, 11) is -4.47. The molecule has 1 aliphatic carbocycles. The van der Waals surface area contributed by atoms with E-state index in [0.717, 1.165) is 126 Å². The highest BCUT2D eigenvalue weighted by molar-refractivity contribution is 7.90. The van der Waals surface area contributed by atoms with Crippen molar-refractivity contribution in [3.8, 4) is 11.4 Å². The Morgan fingerprint density at radius 3 is 2.50 bits per heavy atom. The molecule has 0 atom stereocenters.